The van der Waals surface area contributed by atoms with Crippen LogP contribution in [0.15, 0.2) is 12.1 Å². The molecule has 1 rings (SSSR count). The number of carbonyl (C=O) groups excluding carboxylic acids is 2. The molecule has 0 spiro atoms. The highest BCUT2D eigenvalue weighted by molar-refractivity contribution is 5.91. The highest BCUT2D eigenvalue weighted by Crippen LogP contribution is 2.01. The van der Waals surface area contributed by atoms with Crippen molar-refractivity contribution in [3.8, 4) is 12.3 Å². The number of hydrogen-bond acceptors (Lipinski definition) is 5. The van der Waals surface area contributed by atoms with Crippen LogP contribution in [0.4, 0.5) is 5.82 Å². The SMILES string of the molecule is C#CCNC(=O)CNc1ccc(C(=O)NC)nn1. The van der Waals surface area contributed by atoms with Crippen LogP contribution in [0, 0.1) is 12.3 Å². The van der Waals surface area contributed by atoms with Crippen molar-refractivity contribution in [1.29, 1.82) is 0 Å². The van der Waals surface area contributed by atoms with Crippen molar-refractivity contribution in [3.63, 3.8) is 0 Å². The summed E-state index contributed by atoms with van der Waals surface area (Å²) in [6.45, 7) is 0.220. The fourth-order valence-corrected chi connectivity index (χ4v) is 1.06. The molecule has 7 heteroatoms. The van der Waals surface area contributed by atoms with Gasteiger partial charge in [-0.3, -0.25) is 9.59 Å². The van der Waals surface area contributed by atoms with Crippen molar-refractivity contribution in [1.82, 2.24) is 20.8 Å². The Morgan fingerprint density at radius 2 is 2.17 bits per heavy atom. The van der Waals surface area contributed by atoms with Gasteiger partial charge in [0.05, 0.1) is 13.1 Å². The summed E-state index contributed by atoms with van der Waals surface area (Å²) in [4.78, 5) is 22.4. The Bertz CT molecular complexity index is 463. The first-order valence-corrected chi connectivity index (χ1v) is 5.17. The van der Waals surface area contributed by atoms with Crippen molar-refractivity contribution in [2.75, 3.05) is 25.5 Å². The lowest BCUT2D eigenvalue weighted by molar-refractivity contribution is -0.119. The van der Waals surface area contributed by atoms with E-state index in [4.69, 9.17) is 6.42 Å². The maximum atomic E-state index is 11.2. The lowest BCUT2D eigenvalue weighted by Gasteiger charge is -2.05. The molecule has 0 aliphatic heterocycles. The fraction of sp³-hybridized carbons (Fsp3) is 0.273. The molecule has 0 aliphatic rings. The van der Waals surface area contributed by atoms with E-state index < -0.39 is 0 Å². The van der Waals surface area contributed by atoms with E-state index in [0.717, 1.165) is 0 Å². The van der Waals surface area contributed by atoms with E-state index in [1.54, 1.807) is 6.07 Å². The zero-order valence-electron chi connectivity index (χ0n) is 9.86. The average Bonchev–Trinajstić information content (AvgIpc) is 2.42. The van der Waals surface area contributed by atoms with Crippen LogP contribution in [0.5, 0.6) is 0 Å². The molecule has 1 aromatic rings. The first-order chi connectivity index (χ1) is 8.67. The lowest BCUT2D eigenvalue weighted by atomic mass is 10.3. The molecule has 2 amide bonds. The molecule has 1 aromatic heterocycles. The summed E-state index contributed by atoms with van der Waals surface area (Å²) in [5, 5.41) is 15.1. The number of terminal acetylenes is 1. The summed E-state index contributed by atoms with van der Waals surface area (Å²) in [6, 6.07) is 3.07. The molecule has 18 heavy (non-hydrogen) atoms. The van der Waals surface area contributed by atoms with E-state index >= 15 is 0 Å². The van der Waals surface area contributed by atoms with E-state index in [1.165, 1.54) is 13.1 Å². The predicted octanol–water partition coefficient (Wildman–Crippen LogP) is -1.00. The van der Waals surface area contributed by atoms with Gasteiger partial charge in [0.25, 0.3) is 5.91 Å². The molecule has 0 radical (unpaired) electrons. The third kappa shape index (κ3) is 4.09. The monoisotopic (exact) mass is 247 g/mol. The Morgan fingerprint density at radius 3 is 2.72 bits per heavy atom. The molecule has 0 atom stereocenters. The van der Waals surface area contributed by atoms with Gasteiger partial charge in [-0.05, 0) is 12.1 Å². The standard InChI is InChI=1S/C11H13N5O2/c1-3-6-13-10(17)7-14-9-5-4-8(15-16-9)11(18)12-2/h1,4-5H,6-7H2,2H3,(H,12,18)(H,13,17)(H,14,16). The van der Waals surface area contributed by atoms with Crippen molar-refractivity contribution in [2.45, 2.75) is 0 Å². The van der Waals surface area contributed by atoms with Crippen molar-refractivity contribution < 1.29 is 9.59 Å². The van der Waals surface area contributed by atoms with Gasteiger partial charge in [-0.15, -0.1) is 16.6 Å². The van der Waals surface area contributed by atoms with Gasteiger partial charge < -0.3 is 16.0 Å². The second-order valence-electron chi connectivity index (χ2n) is 3.22. The second kappa shape index (κ2) is 6.85. The Kier molecular flexibility index (Phi) is 5.12. The van der Waals surface area contributed by atoms with Crippen LogP contribution < -0.4 is 16.0 Å². The lowest BCUT2D eigenvalue weighted by Crippen LogP contribution is -2.30. The molecule has 0 aliphatic carbocycles. The molecule has 0 fully saturated rings. The molecule has 0 bridgehead atoms. The first-order valence-electron chi connectivity index (χ1n) is 5.17. The maximum absolute atomic E-state index is 11.2. The van der Waals surface area contributed by atoms with E-state index in [-0.39, 0.29) is 30.6 Å². The molecule has 94 valence electrons. The van der Waals surface area contributed by atoms with Crippen molar-refractivity contribution in [3.05, 3.63) is 17.8 Å². The molecule has 0 saturated heterocycles. The third-order valence-corrected chi connectivity index (χ3v) is 1.94. The van der Waals surface area contributed by atoms with Crippen LogP contribution in [-0.4, -0.2) is 42.1 Å². The number of carbonyl (C=O) groups is 2. The Balaban J connectivity index is 2.47. The third-order valence-electron chi connectivity index (χ3n) is 1.94. The van der Waals surface area contributed by atoms with Crippen molar-refractivity contribution in [2.24, 2.45) is 0 Å². The van der Waals surface area contributed by atoms with Crippen LogP contribution in [-0.2, 0) is 4.79 Å². The van der Waals surface area contributed by atoms with Gasteiger partial charge in [0, 0.05) is 7.05 Å². The van der Waals surface area contributed by atoms with Gasteiger partial charge in [-0.1, -0.05) is 5.92 Å². The molecule has 1 heterocycles. The molecule has 3 N–H and O–H groups in total. The zero-order chi connectivity index (χ0) is 13.4. The summed E-state index contributed by atoms with van der Waals surface area (Å²) in [5.41, 5.74) is 0.208. The van der Waals surface area contributed by atoms with Gasteiger partial charge in [-0.2, -0.15) is 0 Å². The summed E-state index contributed by atoms with van der Waals surface area (Å²) >= 11 is 0. The minimum Gasteiger partial charge on any atom is -0.360 e. The Morgan fingerprint density at radius 1 is 1.39 bits per heavy atom. The largest absolute Gasteiger partial charge is 0.360 e. The summed E-state index contributed by atoms with van der Waals surface area (Å²) in [5.74, 6) is 2.13. The van der Waals surface area contributed by atoms with Crippen LogP contribution in [0.1, 0.15) is 10.5 Å². The van der Waals surface area contributed by atoms with Crippen LogP contribution in [0.25, 0.3) is 0 Å². The molecular weight excluding hydrogens is 234 g/mol. The molecule has 0 aromatic carbocycles. The maximum Gasteiger partial charge on any atom is 0.271 e. The molecule has 7 nitrogen and oxygen atoms in total. The topological polar surface area (TPSA) is 96.0 Å². The number of hydrogen-bond donors (Lipinski definition) is 3. The van der Waals surface area contributed by atoms with Gasteiger partial charge in [0.15, 0.2) is 5.69 Å². The Hall–Kier alpha value is -2.62. The minimum atomic E-state index is -0.319. The normalized spacial score (nSPS) is 9.11. The number of rotatable bonds is 5. The number of nitrogens with one attached hydrogen (secondary N) is 3. The van der Waals surface area contributed by atoms with E-state index in [1.807, 2.05) is 0 Å². The molecular formula is C11H13N5O2. The minimum absolute atomic E-state index is 0.0374. The predicted molar refractivity (Wildman–Crippen MR) is 65.8 cm³/mol. The Labute approximate surface area is 104 Å². The highest BCUT2D eigenvalue weighted by Gasteiger charge is 2.06. The number of anilines is 1. The summed E-state index contributed by atoms with van der Waals surface area (Å²) in [7, 11) is 1.51. The van der Waals surface area contributed by atoms with E-state index in [9.17, 15) is 9.59 Å². The average molecular weight is 247 g/mol. The van der Waals surface area contributed by atoms with Gasteiger partial charge >= 0.3 is 0 Å². The van der Waals surface area contributed by atoms with Crippen LogP contribution in [0.3, 0.4) is 0 Å². The number of aromatic nitrogens is 2. The quantitative estimate of drug-likeness (QED) is 0.580. The number of amides is 2. The van der Waals surface area contributed by atoms with Crippen LogP contribution in [0.2, 0.25) is 0 Å². The van der Waals surface area contributed by atoms with E-state index in [0.29, 0.717) is 5.82 Å². The molecule has 0 unspecified atom stereocenters. The van der Waals surface area contributed by atoms with Gasteiger partial charge in [0.1, 0.15) is 5.82 Å². The highest BCUT2D eigenvalue weighted by atomic mass is 16.2. The van der Waals surface area contributed by atoms with Gasteiger partial charge in [-0.25, -0.2) is 0 Å². The number of nitrogens with zero attached hydrogens (tertiary/aromatic N) is 2. The fourth-order valence-electron chi connectivity index (χ4n) is 1.06. The van der Waals surface area contributed by atoms with Gasteiger partial charge in [0.2, 0.25) is 5.91 Å². The van der Waals surface area contributed by atoms with E-state index in [2.05, 4.69) is 32.1 Å². The van der Waals surface area contributed by atoms with Crippen LogP contribution >= 0.6 is 0 Å². The second-order valence-corrected chi connectivity index (χ2v) is 3.22. The first kappa shape index (κ1) is 13.4. The summed E-state index contributed by atoms with van der Waals surface area (Å²) in [6.07, 6.45) is 5.00. The zero-order valence-corrected chi connectivity index (χ0v) is 9.86. The van der Waals surface area contributed by atoms with Crippen molar-refractivity contribution >= 4 is 17.6 Å². The summed E-state index contributed by atoms with van der Waals surface area (Å²) < 4.78 is 0. The molecule has 0 saturated carbocycles. The smallest absolute Gasteiger partial charge is 0.271 e.